The largest absolute Gasteiger partial charge is 0.469 e. The number of rotatable bonds is 7. The second kappa shape index (κ2) is 9.71. The lowest BCUT2D eigenvalue weighted by molar-refractivity contribution is -0.149. The smallest absolute Gasteiger partial charge is 0.310 e. The molecule has 0 aromatic carbocycles. The van der Waals surface area contributed by atoms with Gasteiger partial charge in [0.05, 0.1) is 13.0 Å². The minimum atomic E-state index is 0.0193. The second-order valence-electron chi connectivity index (χ2n) is 9.63. The molecule has 2 heterocycles. The Labute approximate surface area is 166 Å². The van der Waals surface area contributed by atoms with Gasteiger partial charge in [-0.15, -0.1) is 0 Å². The van der Waals surface area contributed by atoms with Gasteiger partial charge in [0.1, 0.15) is 0 Å². The highest BCUT2D eigenvalue weighted by atomic mass is 16.5. The Hall–Kier alpha value is -0.650. The van der Waals surface area contributed by atoms with Gasteiger partial charge in [0.2, 0.25) is 0 Å². The van der Waals surface area contributed by atoms with E-state index in [-0.39, 0.29) is 17.3 Å². The first-order valence-electron chi connectivity index (χ1n) is 11.2. The SMILES string of the molecule is COC(=O)C1CN(CCCN(C)C)CC12CCN(CC1CCCCC1)CC2. The molecule has 0 aromatic heterocycles. The number of hydrogen-bond acceptors (Lipinski definition) is 5. The molecule has 5 nitrogen and oxygen atoms in total. The number of ether oxygens (including phenoxy) is 1. The zero-order chi connectivity index (χ0) is 19.3. The van der Waals surface area contributed by atoms with Crippen molar-refractivity contribution in [2.75, 3.05) is 67.0 Å². The van der Waals surface area contributed by atoms with E-state index in [0.29, 0.717) is 0 Å². The molecule has 1 unspecified atom stereocenters. The van der Waals surface area contributed by atoms with Crippen molar-refractivity contribution in [2.45, 2.75) is 51.4 Å². The van der Waals surface area contributed by atoms with Crippen LogP contribution in [0.3, 0.4) is 0 Å². The molecule has 1 aliphatic carbocycles. The maximum atomic E-state index is 12.5. The Balaban J connectivity index is 1.54. The van der Waals surface area contributed by atoms with Gasteiger partial charge >= 0.3 is 5.97 Å². The van der Waals surface area contributed by atoms with E-state index in [1.165, 1.54) is 45.1 Å². The van der Waals surface area contributed by atoms with Crippen LogP contribution in [0.4, 0.5) is 0 Å². The van der Waals surface area contributed by atoms with Crippen LogP contribution >= 0.6 is 0 Å². The fraction of sp³-hybridized carbons (Fsp3) is 0.955. The number of piperidine rings is 1. The van der Waals surface area contributed by atoms with Crippen molar-refractivity contribution in [1.82, 2.24) is 14.7 Å². The molecule has 1 saturated carbocycles. The molecular weight excluding hydrogens is 338 g/mol. The lowest BCUT2D eigenvalue weighted by Crippen LogP contribution is -2.47. The molecule has 3 aliphatic rings. The van der Waals surface area contributed by atoms with Crippen LogP contribution in [0.15, 0.2) is 0 Å². The summed E-state index contributed by atoms with van der Waals surface area (Å²) in [6.45, 7) is 7.79. The van der Waals surface area contributed by atoms with Gasteiger partial charge in [-0.2, -0.15) is 0 Å². The lowest BCUT2D eigenvalue weighted by atomic mass is 9.70. The zero-order valence-electron chi connectivity index (χ0n) is 17.9. The Morgan fingerprint density at radius 2 is 1.81 bits per heavy atom. The third-order valence-corrected chi connectivity index (χ3v) is 7.38. The third-order valence-electron chi connectivity index (χ3n) is 7.38. The van der Waals surface area contributed by atoms with E-state index in [1.54, 1.807) is 7.11 Å². The summed E-state index contributed by atoms with van der Waals surface area (Å²) < 4.78 is 5.21. The van der Waals surface area contributed by atoms with Crippen LogP contribution in [0.2, 0.25) is 0 Å². The van der Waals surface area contributed by atoms with Gasteiger partial charge in [-0.1, -0.05) is 19.3 Å². The van der Waals surface area contributed by atoms with Crippen molar-refractivity contribution in [3.63, 3.8) is 0 Å². The van der Waals surface area contributed by atoms with Crippen molar-refractivity contribution in [3.05, 3.63) is 0 Å². The highest BCUT2D eigenvalue weighted by Gasteiger charge is 2.51. The molecule has 3 fully saturated rings. The topological polar surface area (TPSA) is 36.0 Å². The van der Waals surface area contributed by atoms with Gasteiger partial charge < -0.3 is 19.4 Å². The Morgan fingerprint density at radius 1 is 1.11 bits per heavy atom. The van der Waals surface area contributed by atoms with Gasteiger partial charge in [0.25, 0.3) is 0 Å². The van der Waals surface area contributed by atoms with Crippen LogP contribution in [-0.4, -0.2) is 87.7 Å². The molecule has 0 bridgehead atoms. The van der Waals surface area contributed by atoms with Crippen LogP contribution in [-0.2, 0) is 9.53 Å². The van der Waals surface area contributed by atoms with Crippen molar-refractivity contribution >= 4 is 5.97 Å². The van der Waals surface area contributed by atoms with E-state index in [2.05, 4.69) is 28.8 Å². The number of likely N-dealkylation sites (tertiary alicyclic amines) is 2. The Morgan fingerprint density at radius 3 is 2.44 bits per heavy atom. The monoisotopic (exact) mass is 379 g/mol. The number of carbonyl (C=O) groups excluding carboxylic acids is 1. The first kappa shape index (κ1) is 21.1. The summed E-state index contributed by atoms with van der Waals surface area (Å²) in [7, 11) is 5.82. The number of hydrogen-bond donors (Lipinski definition) is 0. The molecule has 0 amide bonds. The van der Waals surface area contributed by atoms with E-state index in [4.69, 9.17) is 4.74 Å². The lowest BCUT2D eigenvalue weighted by Gasteiger charge is -2.43. The predicted molar refractivity (Wildman–Crippen MR) is 110 cm³/mol. The quantitative estimate of drug-likeness (QED) is 0.636. The normalized spacial score (nSPS) is 27.5. The molecule has 3 rings (SSSR count). The Kier molecular flexibility index (Phi) is 7.57. The molecule has 2 saturated heterocycles. The molecule has 2 aliphatic heterocycles. The second-order valence-corrected chi connectivity index (χ2v) is 9.63. The minimum Gasteiger partial charge on any atom is -0.469 e. The highest BCUT2D eigenvalue weighted by Crippen LogP contribution is 2.45. The molecule has 0 radical (unpaired) electrons. The summed E-state index contributed by atoms with van der Waals surface area (Å²) in [5.41, 5.74) is 0.147. The van der Waals surface area contributed by atoms with Gasteiger partial charge in [0, 0.05) is 25.0 Å². The summed E-state index contributed by atoms with van der Waals surface area (Å²) in [5, 5.41) is 0. The third kappa shape index (κ3) is 5.45. The predicted octanol–water partition coefficient (Wildman–Crippen LogP) is 2.71. The minimum absolute atomic E-state index is 0.0193. The number of nitrogens with zero attached hydrogens (tertiary/aromatic N) is 3. The van der Waals surface area contributed by atoms with E-state index in [9.17, 15) is 4.79 Å². The average Bonchev–Trinajstić information content (AvgIpc) is 3.02. The first-order chi connectivity index (χ1) is 13.0. The molecule has 0 aromatic rings. The van der Waals surface area contributed by atoms with Crippen molar-refractivity contribution < 1.29 is 9.53 Å². The molecule has 27 heavy (non-hydrogen) atoms. The van der Waals surface area contributed by atoms with Crippen LogP contribution in [0, 0.1) is 17.3 Å². The molecule has 5 heteroatoms. The van der Waals surface area contributed by atoms with E-state index < -0.39 is 0 Å². The maximum absolute atomic E-state index is 12.5. The molecular formula is C22H41N3O2. The van der Waals surface area contributed by atoms with E-state index in [0.717, 1.165) is 58.0 Å². The first-order valence-corrected chi connectivity index (χ1v) is 11.2. The van der Waals surface area contributed by atoms with Gasteiger partial charge in [-0.25, -0.2) is 0 Å². The molecule has 0 N–H and O–H groups in total. The summed E-state index contributed by atoms with van der Waals surface area (Å²) in [5.74, 6) is 1.000. The van der Waals surface area contributed by atoms with Crippen molar-refractivity contribution in [3.8, 4) is 0 Å². The van der Waals surface area contributed by atoms with Crippen LogP contribution in [0.25, 0.3) is 0 Å². The summed E-state index contributed by atoms with van der Waals surface area (Å²) in [4.78, 5) is 20.0. The average molecular weight is 380 g/mol. The number of carbonyl (C=O) groups is 1. The fourth-order valence-corrected chi connectivity index (χ4v) is 5.74. The van der Waals surface area contributed by atoms with Crippen molar-refractivity contribution in [1.29, 1.82) is 0 Å². The van der Waals surface area contributed by atoms with Crippen LogP contribution in [0.5, 0.6) is 0 Å². The summed E-state index contributed by atoms with van der Waals surface area (Å²) in [6.07, 6.45) is 10.6. The number of methoxy groups -OCH3 is 1. The Bertz CT molecular complexity index is 468. The van der Waals surface area contributed by atoms with Crippen molar-refractivity contribution in [2.24, 2.45) is 17.3 Å². The standard InChI is InChI=1S/C22H41N3O2/c1-23(2)12-7-13-25-17-20(21(26)27-3)22(18-25)10-14-24(15-11-22)16-19-8-5-4-6-9-19/h19-20H,4-18H2,1-3H3. The van der Waals surface area contributed by atoms with Gasteiger partial charge in [-0.3, -0.25) is 4.79 Å². The zero-order valence-corrected chi connectivity index (χ0v) is 17.9. The highest BCUT2D eigenvalue weighted by molar-refractivity contribution is 5.74. The van der Waals surface area contributed by atoms with Crippen LogP contribution in [0.1, 0.15) is 51.4 Å². The molecule has 156 valence electrons. The van der Waals surface area contributed by atoms with Gasteiger partial charge in [0.15, 0.2) is 0 Å². The van der Waals surface area contributed by atoms with Crippen LogP contribution < -0.4 is 0 Å². The van der Waals surface area contributed by atoms with E-state index in [1.807, 2.05) is 0 Å². The summed E-state index contributed by atoms with van der Waals surface area (Å²) >= 11 is 0. The summed E-state index contributed by atoms with van der Waals surface area (Å²) in [6, 6.07) is 0. The van der Waals surface area contributed by atoms with E-state index >= 15 is 0 Å². The molecule has 1 spiro atoms. The maximum Gasteiger partial charge on any atom is 0.310 e. The fourth-order valence-electron chi connectivity index (χ4n) is 5.74. The van der Waals surface area contributed by atoms with Gasteiger partial charge in [-0.05, 0) is 78.3 Å². The molecule has 1 atom stereocenters. The number of esters is 1.